The van der Waals surface area contributed by atoms with E-state index in [1.165, 1.54) is 12.0 Å². The number of para-hydroxylation sites is 1. The zero-order valence-electron chi connectivity index (χ0n) is 14.9. The topological polar surface area (TPSA) is 67.9 Å². The first-order valence-electron chi connectivity index (χ1n) is 8.19. The number of hydrogen-bond acceptors (Lipinski definition) is 4. The fourth-order valence-corrected chi connectivity index (χ4v) is 3.62. The molecule has 0 spiro atoms. The summed E-state index contributed by atoms with van der Waals surface area (Å²) in [6.45, 7) is 3.94. The highest BCUT2D eigenvalue weighted by atomic mass is 79.9. The molecule has 2 aromatic rings. The summed E-state index contributed by atoms with van der Waals surface area (Å²) in [5, 5.41) is 2.32. The van der Waals surface area contributed by atoms with Crippen molar-refractivity contribution in [3.63, 3.8) is 0 Å². The summed E-state index contributed by atoms with van der Waals surface area (Å²) in [6.07, 6.45) is 3.24. The molecule has 1 saturated heterocycles. The number of anilines is 1. The van der Waals surface area contributed by atoms with E-state index >= 15 is 0 Å². The van der Waals surface area contributed by atoms with E-state index in [0.717, 1.165) is 0 Å². The van der Waals surface area contributed by atoms with Crippen LogP contribution in [0.1, 0.15) is 5.56 Å². The number of halogens is 2. The van der Waals surface area contributed by atoms with Gasteiger partial charge >= 0.3 is 6.03 Å². The largest absolute Gasteiger partial charge is 0.493 e. The molecule has 0 saturated carbocycles. The standard InChI is InChI=1S/C20H16Br2N2O4/c1-3-9-28-18-15(27-2)11-12(16(21)17(18)22)10-14-19(25)23-20(26)24(14)13-7-5-4-6-8-13/h3-8,10-11H,1,9H2,2H3,(H,23,25,26)/b14-10+. The first-order valence-corrected chi connectivity index (χ1v) is 9.78. The molecule has 1 fully saturated rings. The van der Waals surface area contributed by atoms with Gasteiger partial charge in [0.25, 0.3) is 5.91 Å². The van der Waals surface area contributed by atoms with Crippen molar-refractivity contribution in [3.8, 4) is 11.5 Å². The number of ether oxygens (including phenoxy) is 2. The highest BCUT2D eigenvalue weighted by Gasteiger charge is 2.34. The van der Waals surface area contributed by atoms with Gasteiger partial charge < -0.3 is 9.47 Å². The number of rotatable bonds is 6. The van der Waals surface area contributed by atoms with Crippen molar-refractivity contribution < 1.29 is 19.1 Å². The number of carbonyl (C=O) groups is 2. The second-order valence-corrected chi connectivity index (χ2v) is 7.27. The van der Waals surface area contributed by atoms with Crippen LogP contribution in [0.25, 0.3) is 6.08 Å². The van der Waals surface area contributed by atoms with Crippen LogP contribution in [0.3, 0.4) is 0 Å². The molecule has 0 atom stereocenters. The number of urea groups is 1. The Hall–Kier alpha value is -2.58. The van der Waals surface area contributed by atoms with Gasteiger partial charge in [0.15, 0.2) is 11.5 Å². The molecule has 1 heterocycles. The van der Waals surface area contributed by atoms with E-state index in [4.69, 9.17) is 9.47 Å². The van der Waals surface area contributed by atoms with Crippen molar-refractivity contribution in [2.75, 3.05) is 18.6 Å². The van der Waals surface area contributed by atoms with Crippen LogP contribution in [0, 0.1) is 0 Å². The van der Waals surface area contributed by atoms with Gasteiger partial charge in [-0.05, 0) is 61.7 Å². The molecule has 28 heavy (non-hydrogen) atoms. The lowest BCUT2D eigenvalue weighted by atomic mass is 10.1. The van der Waals surface area contributed by atoms with E-state index in [1.807, 2.05) is 6.07 Å². The predicted octanol–water partition coefficient (Wildman–Crippen LogP) is 4.88. The molecule has 0 aromatic heterocycles. The van der Waals surface area contributed by atoms with E-state index in [-0.39, 0.29) is 5.70 Å². The minimum Gasteiger partial charge on any atom is -0.493 e. The maximum absolute atomic E-state index is 12.4. The van der Waals surface area contributed by atoms with Crippen LogP contribution in [0.15, 0.2) is 63.7 Å². The van der Waals surface area contributed by atoms with Gasteiger partial charge in [-0.2, -0.15) is 0 Å². The summed E-state index contributed by atoms with van der Waals surface area (Å²) in [5.74, 6) is 0.492. The Bertz CT molecular complexity index is 974. The minimum absolute atomic E-state index is 0.200. The highest BCUT2D eigenvalue weighted by molar-refractivity contribution is 9.13. The van der Waals surface area contributed by atoms with Crippen molar-refractivity contribution in [1.29, 1.82) is 0 Å². The molecule has 3 rings (SSSR count). The van der Waals surface area contributed by atoms with Crippen LogP contribution < -0.4 is 19.7 Å². The summed E-state index contributed by atoms with van der Waals surface area (Å²) in [5.41, 5.74) is 1.42. The van der Waals surface area contributed by atoms with E-state index in [9.17, 15) is 9.59 Å². The lowest BCUT2D eigenvalue weighted by Crippen LogP contribution is -2.27. The van der Waals surface area contributed by atoms with Gasteiger partial charge in [0.1, 0.15) is 12.3 Å². The molecular formula is C20H16Br2N2O4. The lowest BCUT2D eigenvalue weighted by Gasteiger charge is -2.17. The molecule has 1 N–H and O–H groups in total. The van der Waals surface area contributed by atoms with Gasteiger partial charge in [-0.15, -0.1) is 0 Å². The highest BCUT2D eigenvalue weighted by Crippen LogP contribution is 2.43. The molecule has 0 bridgehead atoms. The number of benzene rings is 2. The average molecular weight is 508 g/mol. The Labute approximate surface area is 179 Å². The Balaban J connectivity index is 2.11. The molecule has 3 amide bonds. The SMILES string of the molecule is C=CCOc1c(OC)cc(/C=C2\C(=O)NC(=O)N2c2ccccc2)c(Br)c1Br. The predicted molar refractivity (Wildman–Crippen MR) is 115 cm³/mol. The van der Waals surface area contributed by atoms with Crippen LogP contribution in [-0.2, 0) is 4.79 Å². The molecule has 144 valence electrons. The Kier molecular flexibility index (Phi) is 6.21. The minimum atomic E-state index is -0.504. The fourth-order valence-electron chi connectivity index (χ4n) is 2.68. The third-order valence-electron chi connectivity index (χ3n) is 3.93. The zero-order valence-corrected chi connectivity index (χ0v) is 18.0. The van der Waals surface area contributed by atoms with Gasteiger partial charge in [-0.1, -0.05) is 30.9 Å². The summed E-state index contributed by atoms with van der Waals surface area (Å²) in [6, 6.07) is 10.2. The van der Waals surface area contributed by atoms with Crippen LogP contribution in [0.5, 0.6) is 11.5 Å². The van der Waals surface area contributed by atoms with Crippen molar-refractivity contribution >= 4 is 55.6 Å². The molecule has 0 aliphatic carbocycles. The number of hydrogen-bond donors (Lipinski definition) is 1. The number of nitrogens with zero attached hydrogens (tertiary/aromatic N) is 1. The average Bonchev–Trinajstić information content (AvgIpc) is 2.98. The molecule has 6 nitrogen and oxygen atoms in total. The molecule has 8 heteroatoms. The van der Waals surface area contributed by atoms with E-state index in [1.54, 1.807) is 42.5 Å². The second-order valence-electron chi connectivity index (χ2n) is 5.68. The maximum atomic E-state index is 12.4. The summed E-state index contributed by atoms with van der Waals surface area (Å²) < 4.78 is 12.4. The number of imide groups is 1. The maximum Gasteiger partial charge on any atom is 0.333 e. The normalized spacial score (nSPS) is 15.0. The van der Waals surface area contributed by atoms with Gasteiger partial charge in [0.2, 0.25) is 0 Å². The van der Waals surface area contributed by atoms with Gasteiger partial charge in [-0.25, -0.2) is 4.79 Å². The Morgan fingerprint density at radius 1 is 1.18 bits per heavy atom. The molecule has 2 aromatic carbocycles. The zero-order chi connectivity index (χ0) is 20.3. The molecule has 1 aliphatic rings. The third-order valence-corrected chi connectivity index (χ3v) is 6.07. The lowest BCUT2D eigenvalue weighted by molar-refractivity contribution is -0.115. The Morgan fingerprint density at radius 3 is 2.54 bits per heavy atom. The quantitative estimate of drug-likeness (QED) is 0.343. The monoisotopic (exact) mass is 506 g/mol. The third kappa shape index (κ3) is 3.83. The van der Waals surface area contributed by atoms with Gasteiger partial charge in [0, 0.05) is 4.47 Å². The number of nitrogens with one attached hydrogen (secondary N) is 1. The first-order chi connectivity index (χ1) is 13.5. The smallest absolute Gasteiger partial charge is 0.333 e. The summed E-state index contributed by atoms with van der Waals surface area (Å²) in [7, 11) is 1.52. The van der Waals surface area contributed by atoms with Crippen molar-refractivity contribution in [3.05, 3.63) is 69.3 Å². The number of methoxy groups -OCH3 is 1. The molecule has 1 aliphatic heterocycles. The van der Waals surface area contributed by atoms with Crippen LogP contribution >= 0.6 is 31.9 Å². The van der Waals surface area contributed by atoms with Crippen LogP contribution in [0.2, 0.25) is 0 Å². The van der Waals surface area contributed by atoms with Crippen LogP contribution in [0.4, 0.5) is 10.5 Å². The second kappa shape index (κ2) is 8.62. The van der Waals surface area contributed by atoms with Crippen molar-refractivity contribution in [1.82, 2.24) is 5.32 Å². The number of carbonyl (C=O) groups excluding carboxylic acids is 2. The van der Waals surface area contributed by atoms with E-state index in [0.29, 0.717) is 38.3 Å². The van der Waals surface area contributed by atoms with Gasteiger partial charge in [-0.3, -0.25) is 15.0 Å². The van der Waals surface area contributed by atoms with Gasteiger partial charge in [0.05, 0.1) is 17.3 Å². The number of amides is 3. The first kappa shape index (κ1) is 20.2. The molecule has 0 radical (unpaired) electrons. The fraction of sp³-hybridized carbons (Fsp3) is 0.100. The molecule has 0 unspecified atom stereocenters. The van der Waals surface area contributed by atoms with E-state index in [2.05, 4.69) is 43.8 Å². The van der Waals surface area contributed by atoms with Crippen molar-refractivity contribution in [2.24, 2.45) is 0 Å². The van der Waals surface area contributed by atoms with E-state index < -0.39 is 11.9 Å². The van der Waals surface area contributed by atoms with Crippen LogP contribution in [-0.4, -0.2) is 25.7 Å². The molecular weight excluding hydrogens is 492 g/mol. The van der Waals surface area contributed by atoms with Crippen molar-refractivity contribution in [2.45, 2.75) is 0 Å². The Morgan fingerprint density at radius 2 is 1.89 bits per heavy atom. The summed E-state index contributed by atoms with van der Waals surface area (Å²) >= 11 is 7.01. The summed E-state index contributed by atoms with van der Waals surface area (Å²) in [4.78, 5) is 26.0.